The number of benzene rings is 7. The summed E-state index contributed by atoms with van der Waals surface area (Å²) in [6.45, 7) is 0. The minimum Gasteiger partial charge on any atom is -0.247 e. The van der Waals surface area contributed by atoms with Gasteiger partial charge in [-0.3, -0.25) is 0 Å². The van der Waals surface area contributed by atoms with Crippen molar-refractivity contribution in [2.45, 2.75) is 0 Å². The summed E-state index contributed by atoms with van der Waals surface area (Å²) in [7, 11) is 0. The number of aromatic nitrogens is 4. The zero-order valence-electron chi connectivity index (χ0n) is 26.2. The predicted molar refractivity (Wildman–Crippen MR) is 205 cm³/mol. The molecule has 0 spiro atoms. The standard InChI is InChI=1S/C44H26N4S/c1-3-14-27(15-4-1)42-46-43(28-16-5-2-6-17-28)48-44(47-42)34-23-13-24-36-38(34)41-39(33-22-11-12-25-37(33)49-41)40(45-36)35-26-29-18-7-8-19-30(29)31-20-9-10-21-32(31)35/h1-26H. The highest BCUT2D eigenvalue weighted by Crippen LogP contribution is 2.47. The van der Waals surface area contributed by atoms with Crippen LogP contribution in [-0.2, 0) is 0 Å². The van der Waals surface area contributed by atoms with E-state index in [0.717, 1.165) is 44.2 Å². The van der Waals surface area contributed by atoms with Crippen LogP contribution in [0.4, 0.5) is 0 Å². The molecule has 10 rings (SSSR count). The average molecular weight is 643 g/mol. The summed E-state index contributed by atoms with van der Waals surface area (Å²) < 4.78 is 2.40. The Morgan fingerprint density at radius 1 is 0.388 bits per heavy atom. The van der Waals surface area contributed by atoms with E-state index in [1.165, 1.54) is 36.3 Å². The summed E-state index contributed by atoms with van der Waals surface area (Å²) in [5.74, 6) is 1.91. The molecule has 3 heterocycles. The van der Waals surface area contributed by atoms with Crippen molar-refractivity contribution in [2.75, 3.05) is 0 Å². The van der Waals surface area contributed by atoms with Gasteiger partial charge in [-0.05, 0) is 39.7 Å². The van der Waals surface area contributed by atoms with Crippen LogP contribution in [0.15, 0.2) is 158 Å². The van der Waals surface area contributed by atoms with E-state index in [2.05, 4.69) is 97.1 Å². The number of thiophene rings is 1. The van der Waals surface area contributed by atoms with Crippen LogP contribution in [0.2, 0.25) is 0 Å². The van der Waals surface area contributed by atoms with E-state index >= 15 is 0 Å². The monoisotopic (exact) mass is 642 g/mol. The minimum absolute atomic E-state index is 0.628. The molecule has 0 saturated heterocycles. The molecule has 0 unspecified atom stereocenters. The van der Waals surface area contributed by atoms with Crippen LogP contribution >= 0.6 is 11.3 Å². The molecule has 4 nitrogen and oxygen atoms in total. The van der Waals surface area contributed by atoms with Gasteiger partial charge in [0.05, 0.1) is 11.2 Å². The molecule has 0 aliphatic carbocycles. The molecule has 0 bridgehead atoms. The van der Waals surface area contributed by atoms with Gasteiger partial charge in [0.25, 0.3) is 0 Å². The van der Waals surface area contributed by atoms with Crippen LogP contribution in [0.5, 0.6) is 0 Å². The second-order valence-corrected chi connectivity index (χ2v) is 13.2. The quantitative estimate of drug-likeness (QED) is 0.179. The number of rotatable bonds is 4. The van der Waals surface area contributed by atoms with Gasteiger partial charge < -0.3 is 0 Å². The molecule has 5 heteroatoms. The van der Waals surface area contributed by atoms with Gasteiger partial charge in [0, 0.05) is 47.8 Å². The molecule has 0 aliphatic rings. The van der Waals surface area contributed by atoms with Gasteiger partial charge in [-0.1, -0.05) is 140 Å². The number of hydrogen-bond acceptors (Lipinski definition) is 5. The molecule has 7 aromatic carbocycles. The molecule has 49 heavy (non-hydrogen) atoms. The largest absolute Gasteiger partial charge is 0.247 e. The normalized spacial score (nSPS) is 11.7. The Morgan fingerprint density at radius 3 is 1.71 bits per heavy atom. The zero-order chi connectivity index (χ0) is 32.3. The van der Waals surface area contributed by atoms with E-state index in [1.807, 2.05) is 72.0 Å². The summed E-state index contributed by atoms with van der Waals surface area (Å²) in [5, 5.41) is 8.27. The first-order valence-corrected chi connectivity index (χ1v) is 17.1. The van der Waals surface area contributed by atoms with Gasteiger partial charge in [0.2, 0.25) is 0 Å². The van der Waals surface area contributed by atoms with Gasteiger partial charge in [-0.25, -0.2) is 19.9 Å². The Balaban J connectivity index is 1.32. The number of fused-ring (bicyclic) bond motifs is 8. The molecule has 10 aromatic rings. The first kappa shape index (κ1) is 27.8. The SMILES string of the molecule is c1ccc(-c2nc(-c3ccccc3)nc(-c3cccc4nc(-c5cc6ccccc6c6ccccc56)c5c6ccccc6sc5c34)n2)cc1. The van der Waals surface area contributed by atoms with Gasteiger partial charge in [-0.15, -0.1) is 11.3 Å². The Labute approximate surface area is 286 Å². The first-order valence-electron chi connectivity index (χ1n) is 16.3. The summed E-state index contributed by atoms with van der Waals surface area (Å²) in [6, 6.07) is 54.9. The predicted octanol–water partition coefficient (Wildman–Crippen LogP) is 11.8. The van der Waals surface area contributed by atoms with Crippen molar-refractivity contribution >= 4 is 64.0 Å². The summed E-state index contributed by atoms with van der Waals surface area (Å²) >= 11 is 1.81. The van der Waals surface area contributed by atoms with Crippen LogP contribution in [0, 0.1) is 0 Å². The van der Waals surface area contributed by atoms with Crippen molar-refractivity contribution in [2.24, 2.45) is 0 Å². The number of pyridine rings is 1. The van der Waals surface area contributed by atoms with Crippen molar-refractivity contribution in [1.29, 1.82) is 0 Å². The molecule has 0 atom stereocenters. The van der Waals surface area contributed by atoms with Crippen LogP contribution in [0.25, 0.3) is 98.0 Å². The van der Waals surface area contributed by atoms with Crippen LogP contribution < -0.4 is 0 Å². The lowest BCUT2D eigenvalue weighted by Gasteiger charge is -2.15. The van der Waals surface area contributed by atoms with Crippen molar-refractivity contribution in [3.05, 3.63) is 158 Å². The van der Waals surface area contributed by atoms with Crippen molar-refractivity contribution in [1.82, 2.24) is 19.9 Å². The Bertz CT molecular complexity index is 2820. The molecule has 0 amide bonds. The maximum atomic E-state index is 5.54. The van der Waals surface area contributed by atoms with Gasteiger partial charge in [-0.2, -0.15) is 0 Å². The highest BCUT2D eigenvalue weighted by Gasteiger charge is 2.22. The molecule has 3 aromatic heterocycles. The lowest BCUT2D eigenvalue weighted by atomic mass is 9.93. The van der Waals surface area contributed by atoms with Crippen LogP contribution in [-0.4, -0.2) is 19.9 Å². The fourth-order valence-electron chi connectivity index (χ4n) is 7.07. The van der Waals surface area contributed by atoms with E-state index in [4.69, 9.17) is 19.9 Å². The smallest absolute Gasteiger partial charge is 0.164 e. The van der Waals surface area contributed by atoms with Crippen LogP contribution in [0.3, 0.4) is 0 Å². The first-order chi connectivity index (χ1) is 24.3. The topological polar surface area (TPSA) is 51.6 Å². The minimum atomic E-state index is 0.628. The second-order valence-electron chi connectivity index (χ2n) is 12.2. The highest BCUT2D eigenvalue weighted by atomic mass is 32.1. The third-order valence-electron chi connectivity index (χ3n) is 9.30. The molecule has 228 valence electrons. The maximum absolute atomic E-state index is 5.54. The fraction of sp³-hybridized carbons (Fsp3) is 0. The van der Waals surface area contributed by atoms with E-state index in [9.17, 15) is 0 Å². The van der Waals surface area contributed by atoms with Gasteiger partial charge in [0.15, 0.2) is 17.5 Å². The molecule has 0 aliphatic heterocycles. The van der Waals surface area contributed by atoms with E-state index in [1.54, 1.807) is 0 Å². The Morgan fingerprint density at radius 2 is 0.980 bits per heavy atom. The molecular weight excluding hydrogens is 617 g/mol. The third-order valence-corrected chi connectivity index (χ3v) is 10.5. The lowest BCUT2D eigenvalue weighted by molar-refractivity contribution is 1.08. The average Bonchev–Trinajstić information content (AvgIpc) is 3.57. The van der Waals surface area contributed by atoms with Crippen molar-refractivity contribution in [3.8, 4) is 45.4 Å². The highest BCUT2D eigenvalue weighted by molar-refractivity contribution is 7.26. The number of hydrogen-bond donors (Lipinski definition) is 0. The molecule has 0 radical (unpaired) electrons. The van der Waals surface area contributed by atoms with E-state index in [-0.39, 0.29) is 0 Å². The molecule has 0 saturated carbocycles. The van der Waals surface area contributed by atoms with Crippen molar-refractivity contribution in [3.63, 3.8) is 0 Å². The second kappa shape index (κ2) is 11.2. The van der Waals surface area contributed by atoms with Crippen LogP contribution in [0.1, 0.15) is 0 Å². The van der Waals surface area contributed by atoms with E-state index < -0.39 is 0 Å². The molecule has 0 N–H and O–H groups in total. The maximum Gasteiger partial charge on any atom is 0.164 e. The number of nitrogens with zero attached hydrogens (tertiary/aromatic N) is 4. The fourth-order valence-corrected chi connectivity index (χ4v) is 8.34. The Kier molecular flexibility index (Phi) is 6.32. The lowest BCUT2D eigenvalue weighted by Crippen LogP contribution is -2.01. The molecular formula is C44H26N4S. The third kappa shape index (κ3) is 4.51. The molecule has 0 fully saturated rings. The van der Waals surface area contributed by atoms with Gasteiger partial charge >= 0.3 is 0 Å². The van der Waals surface area contributed by atoms with E-state index in [0.29, 0.717) is 17.5 Å². The van der Waals surface area contributed by atoms with Crippen molar-refractivity contribution < 1.29 is 0 Å². The zero-order valence-corrected chi connectivity index (χ0v) is 27.0. The summed E-state index contributed by atoms with van der Waals surface area (Å²) in [4.78, 5) is 20.7. The Hall–Kier alpha value is -6.30. The summed E-state index contributed by atoms with van der Waals surface area (Å²) in [5.41, 5.74) is 5.86. The van der Waals surface area contributed by atoms with Gasteiger partial charge in [0.1, 0.15) is 0 Å². The summed E-state index contributed by atoms with van der Waals surface area (Å²) in [6.07, 6.45) is 0.